The van der Waals surface area contributed by atoms with Crippen molar-refractivity contribution in [3.05, 3.63) is 33.2 Å². The second-order valence-corrected chi connectivity index (χ2v) is 5.98. The third-order valence-corrected chi connectivity index (χ3v) is 4.55. The maximum absolute atomic E-state index is 12.3. The van der Waals surface area contributed by atoms with Crippen LogP contribution in [0.25, 0.3) is 0 Å². The number of nitrogens with one attached hydrogen (secondary N) is 1. The first-order valence-corrected chi connectivity index (χ1v) is 8.80. The minimum atomic E-state index is -0.167. The van der Waals surface area contributed by atoms with Gasteiger partial charge >= 0.3 is 0 Å². The van der Waals surface area contributed by atoms with Gasteiger partial charge in [-0.15, -0.1) is 11.8 Å². The van der Waals surface area contributed by atoms with Gasteiger partial charge in [-0.05, 0) is 54.1 Å². The Morgan fingerprint density at radius 1 is 1.62 bits per heavy atom. The molecule has 0 fully saturated rings. The molecule has 1 rings (SSSR count). The van der Waals surface area contributed by atoms with Gasteiger partial charge in [0.1, 0.15) is 5.71 Å². The lowest BCUT2D eigenvalue weighted by atomic mass is 10.0. The number of hydrogen-bond donors (Lipinski definition) is 2. The third-order valence-electron chi connectivity index (χ3n) is 2.70. The lowest BCUT2D eigenvalue weighted by Gasteiger charge is -2.17. The molecule has 21 heavy (non-hydrogen) atoms. The van der Waals surface area contributed by atoms with Gasteiger partial charge in [0.25, 0.3) is 5.91 Å². The lowest BCUT2D eigenvalue weighted by molar-refractivity contribution is -0.122. The Kier molecular flexibility index (Phi) is 7.58. The van der Waals surface area contributed by atoms with Crippen LogP contribution in [0, 0.1) is 5.41 Å². The van der Waals surface area contributed by atoms with Crippen LogP contribution in [0.1, 0.15) is 6.92 Å². The maximum Gasteiger partial charge on any atom is 0.264 e. The highest BCUT2D eigenvalue weighted by Crippen LogP contribution is 2.24. The predicted octanol–water partition coefficient (Wildman–Crippen LogP) is 3.56. The van der Waals surface area contributed by atoms with Gasteiger partial charge in [0.15, 0.2) is 0 Å². The van der Waals surface area contributed by atoms with E-state index < -0.39 is 0 Å². The minimum absolute atomic E-state index is 0.167. The molecule has 1 amide bonds. The van der Waals surface area contributed by atoms with Crippen LogP contribution in [0.3, 0.4) is 0 Å². The molecule has 4 nitrogen and oxygen atoms in total. The molecule has 0 spiro atoms. The van der Waals surface area contributed by atoms with Gasteiger partial charge in [-0.1, -0.05) is 18.3 Å². The Labute approximate surface area is 147 Å². The van der Waals surface area contributed by atoms with E-state index in [2.05, 4.69) is 33.1 Å². The zero-order valence-electron chi connectivity index (χ0n) is 11.5. The molecule has 0 radical (unpaired) electrons. The van der Waals surface area contributed by atoms with Crippen molar-refractivity contribution in [2.45, 2.75) is 6.92 Å². The molecule has 112 valence electrons. The molecule has 0 unspecified atom stereocenters. The summed E-state index contributed by atoms with van der Waals surface area (Å²) < 4.78 is 4.46. The van der Waals surface area contributed by atoms with Gasteiger partial charge in [-0.2, -0.15) is 0 Å². The monoisotopic (exact) mass is 403 g/mol. The number of rotatable bonds is 5. The number of carbonyl (C=O) groups is 1. The smallest absolute Gasteiger partial charge is 0.264 e. The van der Waals surface area contributed by atoms with Crippen LogP contribution in [0.15, 0.2) is 37.6 Å². The molecule has 0 saturated heterocycles. The molecule has 1 N–H and O–H groups in total. The Morgan fingerprint density at radius 2 is 2.29 bits per heavy atom. The van der Waals surface area contributed by atoms with Crippen molar-refractivity contribution in [3.63, 3.8) is 0 Å². The SMILES string of the molecule is CCN(C=S)C(=O)/C(=C\C1=CC=C(Br)C(=N)/C1=N\S)SC. The number of halogens is 1. The number of thiol groups is 1. The van der Waals surface area contributed by atoms with E-state index in [0.29, 0.717) is 27.2 Å². The molecule has 1 aliphatic carbocycles. The number of allylic oxidation sites excluding steroid dienone is 5. The van der Waals surface area contributed by atoms with E-state index in [1.807, 2.05) is 13.2 Å². The molecular weight excluding hydrogens is 390 g/mol. The number of nitrogens with zero attached hydrogens (tertiary/aromatic N) is 2. The van der Waals surface area contributed by atoms with E-state index in [1.165, 1.54) is 22.2 Å². The molecular formula is C13H14BrN3OS3. The Bertz CT molecular complexity index is 593. The number of thioether (sulfide) groups is 1. The van der Waals surface area contributed by atoms with Crippen LogP contribution in [-0.4, -0.2) is 40.5 Å². The highest BCUT2D eigenvalue weighted by Gasteiger charge is 2.20. The van der Waals surface area contributed by atoms with Crippen LogP contribution >= 0.6 is 52.7 Å². The van der Waals surface area contributed by atoms with E-state index >= 15 is 0 Å². The van der Waals surface area contributed by atoms with Crippen molar-refractivity contribution in [2.75, 3.05) is 12.8 Å². The first-order chi connectivity index (χ1) is 9.99. The molecule has 0 atom stereocenters. The number of hydrogen-bond acceptors (Lipinski definition) is 6. The molecule has 0 aromatic heterocycles. The van der Waals surface area contributed by atoms with E-state index in [9.17, 15) is 4.79 Å². The molecule has 0 saturated carbocycles. The Hall–Kier alpha value is -0.700. The zero-order valence-corrected chi connectivity index (χ0v) is 15.6. The van der Waals surface area contributed by atoms with Gasteiger partial charge in [0, 0.05) is 16.6 Å². The standard InChI is InChI=1S/C13H14BrN3OS3/c1-3-17(7-19)13(18)10(21-2)6-8-4-5-9(14)11(15)12(8)16-20/h4-7,15,20H,3H2,1-2H3/b10-6+,15-11?,16-12-. The Morgan fingerprint density at radius 3 is 2.76 bits per heavy atom. The van der Waals surface area contributed by atoms with Gasteiger partial charge in [0.05, 0.1) is 16.1 Å². The van der Waals surface area contributed by atoms with Crippen LogP contribution < -0.4 is 0 Å². The zero-order chi connectivity index (χ0) is 16.0. The summed E-state index contributed by atoms with van der Waals surface area (Å²) in [6.45, 7) is 2.36. The van der Waals surface area contributed by atoms with Crippen molar-refractivity contribution in [1.29, 1.82) is 5.41 Å². The van der Waals surface area contributed by atoms with Crippen LogP contribution in [0.2, 0.25) is 0 Å². The lowest BCUT2D eigenvalue weighted by Crippen LogP contribution is -2.29. The molecule has 1 aliphatic rings. The van der Waals surface area contributed by atoms with Crippen LogP contribution in [0.4, 0.5) is 0 Å². The molecule has 0 bridgehead atoms. The van der Waals surface area contributed by atoms with Crippen LogP contribution in [0.5, 0.6) is 0 Å². The summed E-state index contributed by atoms with van der Waals surface area (Å²) in [4.78, 5) is 14.3. The fraction of sp³-hybridized carbons (Fsp3) is 0.231. The van der Waals surface area contributed by atoms with Gasteiger partial charge in [-0.3, -0.25) is 10.2 Å². The largest absolute Gasteiger partial charge is 0.305 e. The van der Waals surface area contributed by atoms with Crippen molar-refractivity contribution in [2.24, 2.45) is 4.40 Å². The average molecular weight is 404 g/mol. The number of carbonyl (C=O) groups excluding carboxylic acids is 1. The topological polar surface area (TPSA) is 56.5 Å². The number of likely N-dealkylation sites (N-methyl/N-ethyl adjacent to an activating group) is 1. The van der Waals surface area contributed by atoms with Crippen LogP contribution in [-0.2, 0) is 4.79 Å². The number of thiocarbonyl (C=S) groups is 1. The van der Waals surface area contributed by atoms with Gasteiger partial charge in [0.2, 0.25) is 0 Å². The normalized spacial score (nSPS) is 17.4. The van der Waals surface area contributed by atoms with E-state index in [-0.39, 0.29) is 11.6 Å². The summed E-state index contributed by atoms with van der Waals surface area (Å²) in [6, 6.07) is 0. The first kappa shape index (κ1) is 18.3. The van der Waals surface area contributed by atoms with E-state index in [4.69, 9.17) is 17.6 Å². The van der Waals surface area contributed by atoms with Gasteiger partial charge in [-0.25, -0.2) is 4.40 Å². The fourth-order valence-corrected chi connectivity index (χ4v) is 2.88. The summed E-state index contributed by atoms with van der Waals surface area (Å²) in [5.74, 6) is -0.167. The fourth-order valence-electron chi connectivity index (χ4n) is 1.56. The second-order valence-electron chi connectivity index (χ2n) is 3.87. The minimum Gasteiger partial charge on any atom is -0.305 e. The van der Waals surface area contributed by atoms with Crippen molar-refractivity contribution in [1.82, 2.24) is 4.90 Å². The second kappa shape index (κ2) is 8.67. The number of amides is 1. The third kappa shape index (κ3) is 4.38. The predicted molar refractivity (Wildman–Crippen MR) is 102 cm³/mol. The quantitative estimate of drug-likeness (QED) is 0.319. The van der Waals surface area contributed by atoms with Crippen molar-refractivity contribution in [3.8, 4) is 0 Å². The summed E-state index contributed by atoms with van der Waals surface area (Å²) in [6.07, 6.45) is 7.05. The summed E-state index contributed by atoms with van der Waals surface area (Å²) in [5.41, 5.74) is 2.65. The van der Waals surface area contributed by atoms with E-state index in [1.54, 1.807) is 18.2 Å². The maximum atomic E-state index is 12.3. The van der Waals surface area contributed by atoms with Crippen molar-refractivity contribution >= 4 is 75.5 Å². The summed E-state index contributed by atoms with van der Waals surface area (Å²) in [5, 5.41) is 7.96. The average Bonchev–Trinajstić information content (AvgIpc) is 2.49. The molecule has 8 heteroatoms. The van der Waals surface area contributed by atoms with Gasteiger partial charge < -0.3 is 4.90 Å². The van der Waals surface area contributed by atoms with Crippen molar-refractivity contribution < 1.29 is 4.79 Å². The first-order valence-electron chi connectivity index (χ1n) is 5.91. The van der Waals surface area contributed by atoms with E-state index in [0.717, 1.165) is 0 Å². The molecule has 0 aromatic rings. The summed E-state index contributed by atoms with van der Waals surface area (Å²) in [7, 11) is 0. The molecule has 0 aliphatic heterocycles. The molecule has 0 aromatic carbocycles. The Balaban J connectivity index is 3.22. The highest BCUT2D eigenvalue weighted by molar-refractivity contribution is 9.12. The summed E-state index contributed by atoms with van der Waals surface area (Å²) >= 11 is 13.4. The molecule has 0 heterocycles. The highest BCUT2D eigenvalue weighted by atomic mass is 79.9.